The molecule has 9 heavy (non-hydrogen) atoms. The monoisotopic (exact) mass is 127 g/mol. The summed E-state index contributed by atoms with van der Waals surface area (Å²) in [6, 6.07) is 0. The van der Waals surface area contributed by atoms with Gasteiger partial charge in [0.25, 0.3) is 0 Å². The van der Waals surface area contributed by atoms with Crippen LogP contribution in [0.2, 0.25) is 0 Å². The van der Waals surface area contributed by atoms with Gasteiger partial charge in [-0.15, -0.1) is 0 Å². The first-order valence-corrected chi connectivity index (χ1v) is 3.92. The Morgan fingerprint density at radius 3 is 2.22 bits per heavy atom. The maximum atomic E-state index is 5.64. The molecular formula is C8H17N. The largest absolute Gasteiger partial charge is 0.330 e. The van der Waals surface area contributed by atoms with Crippen molar-refractivity contribution in [1.82, 2.24) is 0 Å². The van der Waals surface area contributed by atoms with E-state index in [9.17, 15) is 0 Å². The van der Waals surface area contributed by atoms with E-state index in [1.54, 1.807) is 0 Å². The molecule has 0 bridgehead atoms. The molecule has 0 radical (unpaired) electrons. The van der Waals surface area contributed by atoms with Crippen LogP contribution in [0.3, 0.4) is 0 Å². The van der Waals surface area contributed by atoms with Gasteiger partial charge in [0.1, 0.15) is 0 Å². The van der Waals surface area contributed by atoms with Crippen molar-refractivity contribution in [2.24, 2.45) is 17.1 Å². The maximum Gasteiger partial charge on any atom is -0.00204 e. The number of nitrogens with two attached hydrogens (primary N) is 1. The van der Waals surface area contributed by atoms with Crippen molar-refractivity contribution < 1.29 is 0 Å². The molecule has 0 heterocycles. The summed E-state index contributed by atoms with van der Waals surface area (Å²) in [7, 11) is 0. The molecule has 0 aromatic rings. The van der Waals surface area contributed by atoms with Gasteiger partial charge in [-0.1, -0.05) is 13.8 Å². The Hall–Kier alpha value is -0.0400. The van der Waals surface area contributed by atoms with Crippen molar-refractivity contribution in [2.45, 2.75) is 33.1 Å². The highest BCUT2D eigenvalue weighted by molar-refractivity contribution is 4.91. The van der Waals surface area contributed by atoms with Crippen molar-refractivity contribution in [3.63, 3.8) is 0 Å². The van der Waals surface area contributed by atoms with Crippen LogP contribution in [0.5, 0.6) is 0 Å². The van der Waals surface area contributed by atoms with Gasteiger partial charge in [0.2, 0.25) is 0 Å². The molecule has 0 spiro atoms. The van der Waals surface area contributed by atoms with Gasteiger partial charge in [0.15, 0.2) is 0 Å². The van der Waals surface area contributed by atoms with Crippen molar-refractivity contribution in [2.75, 3.05) is 6.54 Å². The minimum atomic E-state index is 0.555. The van der Waals surface area contributed by atoms with E-state index in [1.165, 1.54) is 19.3 Å². The smallest absolute Gasteiger partial charge is 0.00204 e. The summed E-state index contributed by atoms with van der Waals surface area (Å²) >= 11 is 0. The predicted molar refractivity (Wildman–Crippen MR) is 40.2 cm³/mol. The third-order valence-corrected chi connectivity index (χ3v) is 2.75. The molecule has 1 heteroatoms. The van der Waals surface area contributed by atoms with E-state index >= 15 is 0 Å². The lowest BCUT2D eigenvalue weighted by atomic mass is 9.61. The first-order chi connectivity index (χ1) is 4.22. The van der Waals surface area contributed by atoms with Crippen LogP contribution in [0.4, 0.5) is 0 Å². The fourth-order valence-corrected chi connectivity index (χ4v) is 2.02. The molecule has 1 rings (SSSR count). The second-order valence-corrected chi connectivity index (χ2v) is 3.57. The second kappa shape index (κ2) is 2.30. The predicted octanol–water partition coefficient (Wildman–Crippen LogP) is 1.77. The van der Waals surface area contributed by atoms with Gasteiger partial charge in [-0.3, -0.25) is 0 Å². The van der Waals surface area contributed by atoms with Gasteiger partial charge in [-0.25, -0.2) is 0 Å². The summed E-state index contributed by atoms with van der Waals surface area (Å²) in [5.41, 5.74) is 6.20. The first kappa shape index (κ1) is 7.07. The molecule has 1 aliphatic carbocycles. The molecule has 0 aromatic carbocycles. The Balaban J connectivity index is 2.36. The number of hydrogen-bond donors (Lipinski definition) is 1. The first-order valence-electron chi connectivity index (χ1n) is 3.92. The molecule has 54 valence electrons. The summed E-state index contributed by atoms with van der Waals surface area (Å²) in [5.74, 6) is 0.938. The molecule has 1 aliphatic rings. The third kappa shape index (κ3) is 1.11. The highest BCUT2D eigenvalue weighted by Gasteiger charge is 2.38. The van der Waals surface area contributed by atoms with E-state index in [0.29, 0.717) is 5.41 Å². The molecule has 2 N–H and O–H groups in total. The minimum absolute atomic E-state index is 0.555. The van der Waals surface area contributed by atoms with Gasteiger partial charge < -0.3 is 5.73 Å². The van der Waals surface area contributed by atoms with Crippen molar-refractivity contribution in [1.29, 1.82) is 0 Å². The lowest BCUT2D eigenvalue weighted by Crippen LogP contribution is -2.41. The van der Waals surface area contributed by atoms with Gasteiger partial charge in [-0.2, -0.15) is 0 Å². The Morgan fingerprint density at radius 2 is 2.11 bits per heavy atom. The van der Waals surface area contributed by atoms with Crippen LogP contribution in [-0.2, 0) is 0 Å². The molecule has 0 atom stereocenters. The van der Waals surface area contributed by atoms with Crippen LogP contribution >= 0.6 is 0 Å². The van der Waals surface area contributed by atoms with Crippen LogP contribution < -0.4 is 5.73 Å². The Labute approximate surface area is 57.6 Å². The fourth-order valence-electron chi connectivity index (χ4n) is 2.02. The Kier molecular flexibility index (Phi) is 1.80. The lowest BCUT2D eigenvalue weighted by Gasteiger charge is -2.45. The summed E-state index contributed by atoms with van der Waals surface area (Å²) < 4.78 is 0. The van der Waals surface area contributed by atoms with Gasteiger partial charge >= 0.3 is 0 Å². The van der Waals surface area contributed by atoms with Gasteiger partial charge in [0, 0.05) is 0 Å². The highest BCUT2D eigenvalue weighted by atomic mass is 14.6. The zero-order valence-electron chi connectivity index (χ0n) is 6.48. The zero-order chi connectivity index (χ0) is 6.91. The van der Waals surface area contributed by atoms with Gasteiger partial charge in [0.05, 0.1) is 0 Å². The molecule has 0 amide bonds. The number of rotatable bonds is 2. The second-order valence-electron chi connectivity index (χ2n) is 3.57. The van der Waals surface area contributed by atoms with Crippen LogP contribution in [0.15, 0.2) is 0 Å². The number of hydrogen-bond acceptors (Lipinski definition) is 1. The average molecular weight is 127 g/mol. The normalized spacial score (nSPS) is 42.3. The quantitative estimate of drug-likeness (QED) is 0.601. The van der Waals surface area contributed by atoms with Crippen LogP contribution in [-0.4, -0.2) is 6.54 Å². The third-order valence-electron chi connectivity index (χ3n) is 2.75. The molecule has 0 aromatic heterocycles. The van der Waals surface area contributed by atoms with E-state index in [1.807, 2.05) is 0 Å². The Bertz CT molecular complexity index is 86.7. The summed E-state index contributed by atoms with van der Waals surface area (Å²) in [5, 5.41) is 0. The van der Waals surface area contributed by atoms with Crippen molar-refractivity contribution >= 4 is 0 Å². The van der Waals surface area contributed by atoms with Gasteiger partial charge in [-0.05, 0) is 37.1 Å². The zero-order valence-corrected chi connectivity index (χ0v) is 6.48. The standard InChI is InChI=1S/C8H17N/c1-3-8(6-9)4-7(2)5-8/h7H,3-6,9H2,1-2H3. The Morgan fingerprint density at radius 1 is 1.56 bits per heavy atom. The SMILES string of the molecule is CCC1(CN)CC(C)C1. The molecule has 1 saturated carbocycles. The van der Waals surface area contributed by atoms with Crippen LogP contribution in [0.1, 0.15) is 33.1 Å². The molecule has 1 fully saturated rings. The van der Waals surface area contributed by atoms with Crippen LogP contribution in [0.25, 0.3) is 0 Å². The minimum Gasteiger partial charge on any atom is -0.330 e. The highest BCUT2D eigenvalue weighted by Crippen LogP contribution is 2.46. The van der Waals surface area contributed by atoms with Crippen molar-refractivity contribution in [3.05, 3.63) is 0 Å². The summed E-state index contributed by atoms with van der Waals surface area (Å²) in [4.78, 5) is 0. The molecular weight excluding hydrogens is 110 g/mol. The molecule has 1 nitrogen and oxygen atoms in total. The summed E-state index contributed by atoms with van der Waals surface area (Å²) in [6.07, 6.45) is 3.99. The molecule has 0 aliphatic heterocycles. The molecule has 0 unspecified atom stereocenters. The molecule has 0 saturated heterocycles. The van der Waals surface area contributed by atoms with E-state index in [4.69, 9.17) is 5.73 Å². The topological polar surface area (TPSA) is 26.0 Å². The van der Waals surface area contributed by atoms with E-state index in [-0.39, 0.29) is 0 Å². The summed E-state index contributed by atoms with van der Waals surface area (Å²) in [6.45, 7) is 5.45. The maximum absolute atomic E-state index is 5.64. The van der Waals surface area contributed by atoms with E-state index < -0.39 is 0 Å². The van der Waals surface area contributed by atoms with E-state index in [0.717, 1.165) is 12.5 Å². The van der Waals surface area contributed by atoms with E-state index in [2.05, 4.69) is 13.8 Å². The fraction of sp³-hybridized carbons (Fsp3) is 1.00. The van der Waals surface area contributed by atoms with Crippen molar-refractivity contribution in [3.8, 4) is 0 Å². The average Bonchev–Trinajstić information content (AvgIpc) is 1.81. The lowest BCUT2D eigenvalue weighted by molar-refractivity contribution is 0.0713. The van der Waals surface area contributed by atoms with Crippen LogP contribution in [0, 0.1) is 11.3 Å².